The quantitative estimate of drug-likeness (QED) is 0.860. The molecule has 0 radical (unpaired) electrons. The highest BCUT2D eigenvalue weighted by Gasteiger charge is 2.28. The maximum Gasteiger partial charge on any atom is 0.255 e. The van der Waals surface area contributed by atoms with Crippen LogP contribution in [0.3, 0.4) is 0 Å². The lowest BCUT2D eigenvalue weighted by atomic mass is 10.2. The average molecular weight is 380 g/mol. The van der Waals surface area contributed by atoms with Gasteiger partial charge in [-0.15, -0.1) is 4.13 Å². The fourth-order valence-electron chi connectivity index (χ4n) is 2.92. The summed E-state index contributed by atoms with van der Waals surface area (Å²) >= 11 is 0. The van der Waals surface area contributed by atoms with E-state index in [0.717, 1.165) is 31.5 Å². The number of hydrogen-bond donors (Lipinski definition) is 1. The number of aryl methyl sites for hydroxylation is 1. The van der Waals surface area contributed by atoms with E-state index in [9.17, 15) is 16.8 Å². The molecule has 0 aromatic heterocycles. The molecule has 1 saturated heterocycles. The van der Waals surface area contributed by atoms with Crippen molar-refractivity contribution in [1.82, 2.24) is 4.13 Å². The zero-order valence-electron chi connectivity index (χ0n) is 13.8. The molecule has 134 valence electrons. The second kappa shape index (κ2) is 6.78. The van der Waals surface area contributed by atoms with E-state index in [-0.39, 0.29) is 9.79 Å². The number of sulfonamides is 2. The van der Waals surface area contributed by atoms with Gasteiger partial charge in [-0.25, -0.2) is 16.8 Å². The second-order valence-corrected chi connectivity index (χ2v) is 9.66. The largest absolute Gasteiger partial charge is 0.370 e. The van der Waals surface area contributed by atoms with E-state index in [2.05, 4.69) is 0 Å². The Bertz CT molecular complexity index is 979. The molecule has 1 aliphatic rings. The lowest BCUT2D eigenvalue weighted by molar-refractivity contribution is 0.576. The van der Waals surface area contributed by atoms with E-state index in [1.807, 2.05) is 9.03 Å². The normalized spacial score (nSPS) is 15.5. The molecule has 0 bridgehead atoms. The lowest BCUT2D eigenvalue weighted by Crippen LogP contribution is -2.32. The molecule has 0 aliphatic carbocycles. The van der Waals surface area contributed by atoms with Crippen molar-refractivity contribution < 1.29 is 16.8 Å². The molecule has 1 fully saturated rings. The molecule has 0 saturated carbocycles. The van der Waals surface area contributed by atoms with Crippen molar-refractivity contribution in [2.75, 3.05) is 18.0 Å². The van der Waals surface area contributed by atoms with Crippen LogP contribution >= 0.6 is 0 Å². The van der Waals surface area contributed by atoms with Crippen molar-refractivity contribution >= 4 is 25.7 Å². The number of rotatable bonds is 5. The Balaban J connectivity index is 1.98. The van der Waals surface area contributed by atoms with Crippen LogP contribution in [0.4, 0.5) is 5.69 Å². The van der Waals surface area contributed by atoms with Gasteiger partial charge in [-0.3, -0.25) is 0 Å². The van der Waals surface area contributed by atoms with Crippen LogP contribution in [0.15, 0.2) is 58.3 Å². The smallest absolute Gasteiger partial charge is 0.255 e. The highest BCUT2D eigenvalue weighted by atomic mass is 32.3. The predicted octanol–water partition coefficient (Wildman–Crippen LogP) is 2.26. The molecular formula is C17H20N2O4S2. The van der Waals surface area contributed by atoms with Gasteiger partial charge in [0.1, 0.15) is 4.90 Å². The van der Waals surface area contributed by atoms with Gasteiger partial charge in [0.25, 0.3) is 20.0 Å². The van der Waals surface area contributed by atoms with Crippen molar-refractivity contribution in [3.05, 3.63) is 54.1 Å². The summed E-state index contributed by atoms with van der Waals surface area (Å²) in [6.07, 6.45) is 1.98. The molecule has 0 unspecified atom stereocenters. The van der Waals surface area contributed by atoms with Crippen LogP contribution in [-0.2, 0) is 20.0 Å². The molecule has 1 N–H and O–H groups in total. The first-order chi connectivity index (χ1) is 11.8. The summed E-state index contributed by atoms with van der Waals surface area (Å²) < 4.78 is 52.4. The fraction of sp³-hybridized carbons (Fsp3) is 0.294. The number of nitrogens with zero attached hydrogens (tertiary/aromatic N) is 1. The molecule has 2 aromatic carbocycles. The molecule has 2 aromatic rings. The molecule has 0 atom stereocenters. The van der Waals surface area contributed by atoms with Crippen LogP contribution < -0.4 is 9.03 Å². The average Bonchev–Trinajstić information content (AvgIpc) is 3.08. The van der Waals surface area contributed by atoms with Gasteiger partial charge in [0.05, 0.1) is 10.6 Å². The topological polar surface area (TPSA) is 83.5 Å². The minimum Gasteiger partial charge on any atom is -0.370 e. The van der Waals surface area contributed by atoms with Gasteiger partial charge >= 0.3 is 0 Å². The summed E-state index contributed by atoms with van der Waals surface area (Å²) in [6.45, 7) is 3.27. The summed E-state index contributed by atoms with van der Waals surface area (Å²) in [6, 6.07) is 12.6. The third kappa shape index (κ3) is 3.86. The maximum atomic E-state index is 12.8. The number of anilines is 1. The summed E-state index contributed by atoms with van der Waals surface area (Å²) in [5, 5.41) is 0. The zero-order chi connectivity index (χ0) is 18.1. The van der Waals surface area contributed by atoms with Crippen molar-refractivity contribution in [2.24, 2.45) is 0 Å². The van der Waals surface area contributed by atoms with Crippen LogP contribution in [0.25, 0.3) is 0 Å². The van der Waals surface area contributed by atoms with Crippen LogP contribution in [0, 0.1) is 6.92 Å². The molecule has 1 aliphatic heterocycles. The van der Waals surface area contributed by atoms with Crippen molar-refractivity contribution in [1.29, 1.82) is 0 Å². The molecule has 1 heterocycles. The number of benzene rings is 2. The number of nitrogens with one attached hydrogen (secondary N) is 1. The summed E-state index contributed by atoms with van der Waals surface area (Å²) in [5.41, 5.74) is 1.27. The molecular weight excluding hydrogens is 360 g/mol. The van der Waals surface area contributed by atoms with Crippen LogP contribution in [0.1, 0.15) is 18.4 Å². The lowest BCUT2D eigenvalue weighted by Gasteiger charge is -2.21. The van der Waals surface area contributed by atoms with E-state index < -0.39 is 20.0 Å². The van der Waals surface area contributed by atoms with Gasteiger partial charge in [-0.05, 0) is 49.6 Å². The number of hydrogen-bond acceptors (Lipinski definition) is 5. The van der Waals surface area contributed by atoms with Crippen LogP contribution in [-0.4, -0.2) is 29.9 Å². The van der Waals surface area contributed by atoms with E-state index in [1.165, 1.54) is 18.2 Å². The van der Waals surface area contributed by atoms with Gasteiger partial charge in [-0.2, -0.15) is 0 Å². The van der Waals surface area contributed by atoms with Gasteiger partial charge in [-0.1, -0.05) is 24.3 Å². The van der Waals surface area contributed by atoms with E-state index in [4.69, 9.17) is 0 Å². The van der Waals surface area contributed by atoms with Gasteiger partial charge in [0.15, 0.2) is 0 Å². The fourth-order valence-corrected chi connectivity index (χ4v) is 6.15. The predicted molar refractivity (Wildman–Crippen MR) is 96.6 cm³/mol. The van der Waals surface area contributed by atoms with Gasteiger partial charge in [0, 0.05) is 13.1 Å². The second-order valence-electron chi connectivity index (χ2n) is 6.07. The Morgan fingerprint density at radius 3 is 2.24 bits per heavy atom. The summed E-state index contributed by atoms with van der Waals surface area (Å²) in [5.74, 6) is 0. The standard InChI is InChI=1S/C17H20N2O4S2/c1-14-7-6-8-15(13-14)24(20,21)18-25(22,23)17-10-3-2-9-16(17)19-11-4-5-12-19/h2-3,6-10,13,18H,4-5,11-12H2,1H3. The molecule has 6 nitrogen and oxygen atoms in total. The Morgan fingerprint density at radius 1 is 0.880 bits per heavy atom. The van der Waals surface area contributed by atoms with Crippen LogP contribution in [0.5, 0.6) is 0 Å². The van der Waals surface area contributed by atoms with Crippen molar-refractivity contribution in [2.45, 2.75) is 29.6 Å². The van der Waals surface area contributed by atoms with Gasteiger partial charge in [0.2, 0.25) is 0 Å². The van der Waals surface area contributed by atoms with E-state index in [1.54, 1.807) is 37.3 Å². The monoisotopic (exact) mass is 380 g/mol. The zero-order valence-corrected chi connectivity index (χ0v) is 15.5. The third-order valence-electron chi connectivity index (χ3n) is 4.12. The number of para-hydroxylation sites is 1. The highest BCUT2D eigenvalue weighted by Crippen LogP contribution is 2.28. The molecule has 3 rings (SSSR count). The first-order valence-corrected chi connectivity index (χ1v) is 11.0. The Morgan fingerprint density at radius 2 is 1.56 bits per heavy atom. The Hall–Kier alpha value is -1.90. The Kier molecular flexibility index (Phi) is 4.86. The van der Waals surface area contributed by atoms with Gasteiger partial charge < -0.3 is 4.90 Å². The van der Waals surface area contributed by atoms with E-state index >= 15 is 0 Å². The first kappa shape index (κ1) is 17.9. The van der Waals surface area contributed by atoms with Crippen molar-refractivity contribution in [3.8, 4) is 0 Å². The minimum absolute atomic E-state index is 0.0203. The third-order valence-corrected chi connectivity index (χ3v) is 7.67. The Labute approximate surface area is 148 Å². The molecule has 0 amide bonds. The minimum atomic E-state index is -4.23. The SMILES string of the molecule is Cc1cccc(S(=O)(=O)NS(=O)(=O)c2ccccc2N2CCCC2)c1. The molecule has 25 heavy (non-hydrogen) atoms. The van der Waals surface area contributed by atoms with Crippen molar-refractivity contribution in [3.63, 3.8) is 0 Å². The van der Waals surface area contributed by atoms with E-state index in [0.29, 0.717) is 5.69 Å². The first-order valence-electron chi connectivity index (χ1n) is 7.99. The summed E-state index contributed by atoms with van der Waals surface area (Å²) in [7, 11) is -8.41. The highest BCUT2D eigenvalue weighted by molar-refractivity contribution is 8.04. The maximum absolute atomic E-state index is 12.8. The summed E-state index contributed by atoms with van der Waals surface area (Å²) in [4.78, 5) is 1.87. The molecule has 0 spiro atoms. The molecule has 8 heteroatoms. The van der Waals surface area contributed by atoms with Crippen LogP contribution in [0.2, 0.25) is 0 Å².